The predicted molar refractivity (Wildman–Crippen MR) is 136 cm³/mol. The van der Waals surface area contributed by atoms with Crippen LogP contribution in [-0.2, 0) is 10.8 Å². The van der Waals surface area contributed by atoms with Crippen molar-refractivity contribution in [2.24, 2.45) is 0 Å². The summed E-state index contributed by atoms with van der Waals surface area (Å²) in [6.45, 7) is 16.5. The number of benzene rings is 2. The number of phenolic OH excluding ortho intramolecular Hbond substituents is 1. The van der Waals surface area contributed by atoms with E-state index in [-0.39, 0.29) is 39.3 Å². The van der Waals surface area contributed by atoms with Crippen LogP contribution in [0.1, 0.15) is 74.2 Å². The number of ketones is 1. The minimum Gasteiger partial charge on any atom is -0.507 e. The lowest BCUT2D eigenvalue weighted by Crippen LogP contribution is -2.19. The van der Waals surface area contributed by atoms with Crippen LogP contribution < -0.4 is 0 Å². The summed E-state index contributed by atoms with van der Waals surface area (Å²) in [5.74, 6) is 0.612. The maximum absolute atomic E-state index is 13.1. The number of aromatic amines is 1. The van der Waals surface area contributed by atoms with Crippen LogP contribution in [-0.4, -0.2) is 26.6 Å². The molecule has 1 aromatic heterocycles. The number of carbonyl (C=O) groups is 1. The summed E-state index contributed by atoms with van der Waals surface area (Å²) in [5.41, 5.74) is 6.05. The lowest BCUT2D eigenvalue weighted by molar-refractivity contribution is 0.102. The number of hydrogen-bond donors (Lipinski definition) is 2. The molecule has 0 aliphatic carbocycles. The maximum Gasteiger partial charge on any atom is 0.173 e. The zero-order chi connectivity index (χ0) is 22.4. The van der Waals surface area contributed by atoms with Crippen molar-refractivity contribution >= 4 is 45.6 Å². The first kappa shape index (κ1) is 25.5. The van der Waals surface area contributed by atoms with Gasteiger partial charge in [-0.15, -0.1) is 17.0 Å². The van der Waals surface area contributed by atoms with E-state index in [4.69, 9.17) is 0 Å². The molecular formula is C25H33BrN2O2S. The minimum atomic E-state index is -0.262. The Morgan fingerprint density at radius 2 is 1.48 bits per heavy atom. The number of nitrogens with zero attached hydrogens (tertiary/aromatic N) is 1. The molecule has 3 aromatic rings. The van der Waals surface area contributed by atoms with Crippen LogP contribution in [0.4, 0.5) is 0 Å². The fourth-order valence-electron chi connectivity index (χ4n) is 3.47. The first-order valence-electron chi connectivity index (χ1n) is 10.3. The molecule has 0 amide bonds. The SMILES string of the molecule is Br.Cc1cc2nc(SCC(=O)c3cc(C(C)(C)C)c(O)c(C(C)(C)C)c3)[nH]c2cc1C. The second kappa shape index (κ2) is 8.99. The Hall–Kier alpha value is -1.79. The van der Waals surface area contributed by atoms with Crippen LogP contribution in [0, 0.1) is 13.8 Å². The molecule has 0 atom stereocenters. The number of H-pyrrole nitrogens is 1. The number of Topliss-reactive ketones (excluding diaryl/α,β-unsaturated/α-hetero) is 1. The van der Waals surface area contributed by atoms with Crippen LogP contribution in [0.15, 0.2) is 29.4 Å². The molecule has 6 heteroatoms. The molecule has 2 aromatic carbocycles. The average molecular weight is 506 g/mol. The van der Waals surface area contributed by atoms with Crippen molar-refractivity contribution in [3.8, 4) is 5.75 Å². The topological polar surface area (TPSA) is 66.0 Å². The fraction of sp³-hybridized carbons (Fsp3) is 0.440. The van der Waals surface area contributed by atoms with Gasteiger partial charge in [-0.25, -0.2) is 4.98 Å². The highest BCUT2D eigenvalue weighted by Crippen LogP contribution is 2.40. The Labute approximate surface area is 200 Å². The molecule has 0 aliphatic heterocycles. The summed E-state index contributed by atoms with van der Waals surface area (Å²) in [6, 6.07) is 7.85. The fourth-order valence-corrected chi connectivity index (χ4v) is 4.25. The van der Waals surface area contributed by atoms with E-state index in [1.54, 1.807) is 0 Å². The van der Waals surface area contributed by atoms with Crippen LogP contribution in [0.25, 0.3) is 11.0 Å². The monoisotopic (exact) mass is 504 g/mol. The highest BCUT2D eigenvalue weighted by molar-refractivity contribution is 8.93. The van der Waals surface area contributed by atoms with Gasteiger partial charge >= 0.3 is 0 Å². The number of halogens is 1. The number of nitrogens with one attached hydrogen (secondary N) is 1. The average Bonchev–Trinajstić information content (AvgIpc) is 2.99. The zero-order valence-corrected chi connectivity index (χ0v) is 22.2. The number of thioether (sulfide) groups is 1. The molecule has 0 bridgehead atoms. The largest absolute Gasteiger partial charge is 0.507 e. The van der Waals surface area contributed by atoms with Gasteiger partial charge in [-0.05, 0) is 60.1 Å². The van der Waals surface area contributed by atoms with E-state index in [1.807, 2.05) is 12.1 Å². The molecular weight excluding hydrogens is 472 g/mol. The van der Waals surface area contributed by atoms with E-state index in [1.165, 1.54) is 22.9 Å². The van der Waals surface area contributed by atoms with Gasteiger partial charge in [-0.2, -0.15) is 0 Å². The lowest BCUT2D eigenvalue weighted by atomic mass is 9.78. The van der Waals surface area contributed by atoms with Gasteiger partial charge < -0.3 is 10.1 Å². The Balaban J connectivity index is 0.00000341. The number of aryl methyl sites for hydroxylation is 2. The zero-order valence-electron chi connectivity index (χ0n) is 19.6. The number of carbonyl (C=O) groups excluding carboxylic acids is 1. The molecule has 31 heavy (non-hydrogen) atoms. The number of imidazole rings is 1. The molecule has 3 rings (SSSR count). The van der Waals surface area contributed by atoms with E-state index >= 15 is 0 Å². The second-order valence-corrected chi connectivity index (χ2v) is 11.1. The van der Waals surface area contributed by atoms with Crippen molar-refractivity contribution in [1.82, 2.24) is 9.97 Å². The van der Waals surface area contributed by atoms with Crippen molar-refractivity contribution in [2.45, 2.75) is 71.4 Å². The van der Waals surface area contributed by atoms with E-state index < -0.39 is 0 Å². The first-order valence-corrected chi connectivity index (χ1v) is 11.3. The van der Waals surface area contributed by atoms with Crippen molar-refractivity contribution in [3.05, 3.63) is 52.1 Å². The Morgan fingerprint density at radius 1 is 0.968 bits per heavy atom. The molecule has 0 saturated carbocycles. The van der Waals surface area contributed by atoms with Gasteiger partial charge in [-0.3, -0.25) is 4.79 Å². The third-order valence-corrected chi connectivity index (χ3v) is 6.34. The number of aromatic nitrogens is 2. The third-order valence-electron chi connectivity index (χ3n) is 5.46. The Morgan fingerprint density at radius 3 is 2.00 bits per heavy atom. The van der Waals surface area contributed by atoms with E-state index in [2.05, 4.69) is 77.5 Å². The normalized spacial score (nSPS) is 12.1. The lowest BCUT2D eigenvalue weighted by Gasteiger charge is -2.28. The van der Waals surface area contributed by atoms with Gasteiger partial charge in [0.2, 0.25) is 0 Å². The van der Waals surface area contributed by atoms with Gasteiger partial charge in [0.1, 0.15) is 5.75 Å². The van der Waals surface area contributed by atoms with Crippen LogP contribution in [0.5, 0.6) is 5.75 Å². The van der Waals surface area contributed by atoms with Crippen molar-refractivity contribution in [1.29, 1.82) is 0 Å². The van der Waals surface area contributed by atoms with Gasteiger partial charge in [-0.1, -0.05) is 53.3 Å². The predicted octanol–water partition coefficient (Wildman–Crippen LogP) is 7.03. The summed E-state index contributed by atoms with van der Waals surface area (Å²) in [5, 5.41) is 11.6. The van der Waals surface area contributed by atoms with Crippen molar-refractivity contribution in [3.63, 3.8) is 0 Å². The molecule has 1 heterocycles. The Bertz CT molecular complexity index is 1050. The third kappa shape index (κ3) is 5.53. The summed E-state index contributed by atoms with van der Waals surface area (Å²) in [4.78, 5) is 21.0. The quantitative estimate of drug-likeness (QED) is 0.295. The molecule has 4 nitrogen and oxygen atoms in total. The molecule has 0 spiro atoms. The minimum absolute atomic E-state index is 0. The Kier molecular flexibility index (Phi) is 7.38. The van der Waals surface area contributed by atoms with Gasteiger partial charge in [0.25, 0.3) is 0 Å². The highest BCUT2D eigenvalue weighted by atomic mass is 79.9. The van der Waals surface area contributed by atoms with Gasteiger partial charge in [0.05, 0.1) is 16.8 Å². The molecule has 2 N–H and O–H groups in total. The summed E-state index contributed by atoms with van der Waals surface area (Å²) in [6.07, 6.45) is 0. The van der Waals surface area contributed by atoms with Crippen LogP contribution in [0.3, 0.4) is 0 Å². The van der Waals surface area contributed by atoms with E-state index in [0.717, 1.165) is 27.3 Å². The summed E-state index contributed by atoms with van der Waals surface area (Å²) < 4.78 is 0. The van der Waals surface area contributed by atoms with Gasteiger partial charge in [0.15, 0.2) is 10.9 Å². The molecule has 0 aliphatic rings. The number of phenols is 1. The smallest absolute Gasteiger partial charge is 0.173 e. The summed E-state index contributed by atoms with van der Waals surface area (Å²) >= 11 is 1.41. The van der Waals surface area contributed by atoms with Crippen LogP contribution in [0.2, 0.25) is 0 Å². The van der Waals surface area contributed by atoms with Crippen molar-refractivity contribution in [2.75, 3.05) is 5.75 Å². The van der Waals surface area contributed by atoms with Crippen molar-refractivity contribution < 1.29 is 9.90 Å². The molecule has 0 fully saturated rings. The number of aromatic hydroxyl groups is 1. The number of rotatable bonds is 4. The van der Waals surface area contributed by atoms with Gasteiger partial charge in [0, 0.05) is 16.7 Å². The first-order chi connectivity index (χ1) is 13.8. The highest BCUT2D eigenvalue weighted by Gasteiger charge is 2.27. The maximum atomic E-state index is 13.1. The summed E-state index contributed by atoms with van der Waals surface area (Å²) in [7, 11) is 0. The molecule has 0 radical (unpaired) electrons. The standard InChI is InChI=1S/C25H32N2O2S.BrH/c1-14-9-19-20(10-15(14)2)27-23(26-19)30-13-21(28)16-11-17(24(3,4)5)22(29)18(12-16)25(6,7)8;/h9-12,29H,13H2,1-8H3,(H,26,27);1H. The van der Waals surface area contributed by atoms with E-state index in [0.29, 0.717) is 11.3 Å². The molecule has 0 unspecified atom stereocenters. The molecule has 168 valence electrons. The molecule has 0 saturated heterocycles. The van der Waals surface area contributed by atoms with Crippen LogP contribution >= 0.6 is 28.7 Å². The second-order valence-electron chi connectivity index (χ2n) is 10.1. The number of fused-ring (bicyclic) bond motifs is 1. The van der Waals surface area contributed by atoms with E-state index in [9.17, 15) is 9.90 Å². The number of hydrogen-bond acceptors (Lipinski definition) is 4.